The molecule has 2 amide bonds. The second-order valence-electron chi connectivity index (χ2n) is 12.7. The third-order valence-electron chi connectivity index (χ3n) is 9.12. The first-order valence-corrected chi connectivity index (χ1v) is 18.1. The normalized spacial score (nSPS) is 10.4. The number of esters is 2. The van der Waals surface area contributed by atoms with Gasteiger partial charge < -0.3 is 43.8 Å². The van der Waals surface area contributed by atoms with Gasteiger partial charge in [-0.25, -0.2) is 9.59 Å². The topological polar surface area (TPSA) is 174 Å². The van der Waals surface area contributed by atoms with E-state index < -0.39 is 23.8 Å². The smallest absolute Gasteiger partial charge is 0.347 e. The fourth-order valence-corrected chi connectivity index (χ4v) is 5.97. The van der Waals surface area contributed by atoms with Crippen molar-refractivity contribution >= 4 is 41.4 Å². The number of hydrogen-bond acceptors (Lipinski definition) is 12. The lowest BCUT2D eigenvalue weighted by Gasteiger charge is -2.15. The van der Waals surface area contributed by atoms with Crippen molar-refractivity contribution in [1.82, 2.24) is 0 Å². The number of carbonyl (C=O) groups is 5. The highest BCUT2D eigenvalue weighted by Crippen LogP contribution is 2.36. The Morgan fingerprint density at radius 2 is 1.00 bits per heavy atom. The largest absolute Gasteiger partial charge is 0.497 e. The van der Waals surface area contributed by atoms with Crippen molar-refractivity contribution in [3.05, 3.63) is 149 Å². The van der Waals surface area contributed by atoms with Gasteiger partial charge in [0.05, 0.1) is 52.5 Å². The molecule has 0 spiro atoms. The van der Waals surface area contributed by atoms with Gasteiger partial charge in [0.25, 0.3) is 11.8 Å². The molecule has 0 atom stereocenters. The maximum atomic E-state index is 13.4. The average Bonchev–Trinajstić information content (AvgIpc) is 3.29. The minimum Gasteiger partial charge on any atom is -0.497 e. The molecule has 14 nitrogen and oxygen atoms in total. The van der Waals surface area contributed by atoms with E-state index in [1.165, 1.54) is 96.2 Å². The molecule has 0 saturated carbocycles. The van der Waals surface area contributed by atoms with Gasteiger partial charge in [0.15, 0.2) is 17.8 Å². The van der Waals surface area contributed by atoms with E-state index in [1.807, 2.05) is 0 Å². The van der Waals surface area contributed by atoms with Crippen LogP contribution in [0, 0.1) is 0 Å². The zero-order valence-corrected chi connectivity index (χ0v) is 33.0. The Balaban J connectivity index is 1.11. The second kappa shape index (κ2) is 18.9. The van der Waals surface area contributed by atoms with Gasteiger partial charge in [0.2, 0.25) is 0 Å². The Hall–Kier alpha value is -8.13. The van der Waals surface area contributed by atoms with Crippen LogP contribution in [0.3, 0.4) is 0 Å². The van der Waals surface area contributed by atoms with Crippen molar-refractivity contribution < 1.29 is 57.1 Å². The van der Waals surface area contributed by atoms with Crippen LogP contribution in [0.5, 0.6) is 40.2 Å². The van der Waals surface area contributed by atoms with E-state index in [2.05, 4.69) is 10.6 Å². The number of rotatable bonds is 15. The van der Waals surface area contributed by atoms with Crippen LogP contribution in [0.25, 0.3) is 11.1 Å². The van der Waals surface area contributed by atoms with Crippen LogP contribution < -0.4 is 43.8 Å². The number of amides is 2. The van der Waals surface area contributed by atoms with Gasteiger partial charge in [0, 0.05) is 22.8 Å². The summed E-state index contributed by atoms with van der Waals surface area (Å²) >= 11 is 0. The summed E-state index contributed by atoms with van der Waals surface area (Å²) in [4.78, 5) is 63.6. The summed E-state index contributed by atoms with van der Waals surface area (Å²) < 4.78 is 38.1. The van der Waals surface area contributed by atoms with Gasteiger partial charge in [-0.1, -0.05) is 30.3 Å². The van der Waals surface area contributed by atoms with Gasteiger partial charge in [0.1, 0.15) is 34.3 Å². The SMILES string of the molecule is COc1ccc(C(=O)Oc2ccc(C(=O)Nc3ccc(-c4ccc(NC(=O)c5ccc(OC(=O)c6ccccc6C=O)c(OC)c5)c(OC)c4)cc3OC)cc2)c(OC)c1. The molecule has 0 unspecified atom stereocenters. The Morgan fingerprint density at radius 1 is 0.450 bits per heavy atom. The predicted molar refractivity (Wildman–Crippen MR) is 222 cm³/mol. The van der Waals surface area contributed by atoms with Crippen LogP contribution in [0.1, 0.15) is 51.8 Å². The van der Waals surface area contributed by atoms with Crippen molar-refractivity contribution in [2.24, 2.45) is 0 Å². The minimum atomic E-state index is -0.757. The summed E-state index contributed by atoms with van der Waals surface area (Å²) in [6, 6.07) is 31.8. The first-order valence-electron chi connectivity index (χ1n) is 18.1. The highest BCUT2D eigenvalue weighted by atomic mass is 16.6. The van der Waals surface area contributed by atoms with E-state index in [0.717, 1.165) is 11.1 Å². The van der Waals surface area contributed by atoms with Crippen molar-refractivity contribution in [2.75, 3.05) is 46.2 Å². The Labute approximate surface area is 344 Å². The van der Waals surface area contributed by atoms with Crippen molar-refractivity contribution in [2.45, 2.75) is 0 Å². The summed E-state index contributed by atoms with van der Waals surface area (Å²) in [6.07, 6.45) is 0.563. The van der Waals surface area contributed by atoms with E-state index in [-0.39, 0.29) is 39.5 Å². The molecule has 6 aromatic carbocycles. The van der Waals surface area contributed by atoms with Gasteiger partial charge in [-0.3, -0.25) is 14.4 Å². The number of benzene rings is 6. The van der Waals surface area contributed by atoms with E-state index in [1.54, 1.807) is 60.7 Å². The molecule has 6 rings (SSSR count). The summed E-state index contributed by atoms with van der Waals surface area (Å²) in [7, 11) is 7.26. The number of nitrogens with one attached hydrogen (secondary N) is 2. The molecule has 0 saturated heterocycles. The molecule has 60 heavy (non-hydrogen) atoms. The van der Waals surface area contributed by atoms with Crippen molar-refractivity contribution in [1.29, 1.82) is 0 Å². The van der Waals surface area contributed by atoms with Gasteiger partial charge >= 0.3 is 11.9 Å². The third kappa shape index (κ3) is 9.35. The molecular formula is C46H38N2O12. The summed E-state index contributed by atoms with van der Waals surface area (Å²) in [5, 5.41) is 5.69. The van der Waals surface area contributed by atoms with E-state index in [0.29, 0.717) is 46.2 Å². The fraction of sp³-hybridized carbons (Fsp3) is 0.109. The van der Waals surface area contributed by atoms with Crippen LogP contribution in [-0.2, 0) is 0 Å². The quantitative estimate of drug-likeness (QED) is 0.0580. The predicted octanol–water partition coefficient (Wildman–Crippen LogP) is 8.15. The molecule has 0 bridgehead atoms. The van der Waals surface area contributed by atoms with Crippen molar-refractivity contribution in [3.8, 4) is 51.4 Å². The lowest BCUT2D eigenvalue weighted by molar-refractivity contribution is 0.0719. The molecule has 0 fully saturated rings. The van der Waals surface area contributed by atoms with Crippen LogP contribution >= 0.6 is 0 Å². The number of methoxy groups -OCH3 is 5. The molecule has 0 heterocycles. The molecule has 0 aromatic heterocycles. The molecule has 0 aliphatic heterocycles. The molecule has 6 aromatic rings. The minimum absolute atomic E-state index is 0.0598. The summed E-state index contributed by atoms with van der Waals surface area (Å²) in [5.74, 6) is -0.338. The number of ether oxygens (including phenoxy) is 7. The molecule has 2 N–H and O–H groups in total. The second-order valence-corrected chi connectivity index (χ2v) is 12.7. The zero-order valence-electron chi connectivity index (χ0n) is 33.0. The molecular weight excluding hydrogens is 773 g/mol. The first kappa shape index (κ1) is 41.5. The molecule has 0 aliphatic carbocycles. The maximum absolute atomic E-state index is 13.4. The van der Waals surface area contributed by atoms with Crippen LogP contribution in [0.2, 0.25) is 0 Å². The Morgan fingerprint density at radius 3 is 1.58 bits per heavy atom. The van der Waals surface area contributed by atoms with E-state index in [9.17, 15) is 24.0 Å². The zero-order chi connectivity index (χ0) is 42.8. The van der Waals surface area contributed by atoms with Crippen LogP contribution in [0.15, 0.2) is 121 Å². The fourth-order valence-electron chi connectivity index (χ4n) is 5.97. The van der Waals surface area contributed by atoms with Gasteiger partial charge in [-0.2, -0.15) is 0 Å². The lowest BCUT2D eigenvalue weighted by Crippen LogP contribution is -2.14. The summed E-state index contributed by atoms with van der Waals surface area (Å²) in [6.45, 7) is 0. The summed E-state index contributed by atoms with van der Waals surface area (Å²) in [5.41, 5.74) is 3.22. The Kier molecular flexibility index (Phi) is 13.1. The lowest BCUT2D eigenvalue weighted by atomic mass is 10.0. The van der Waals surface area contributed by atoms with E-state index in [4.69, 9.17) is 33.2 Å². The van der Waals surface area contributed by atoms with Crippen molar-refractivity contribution in [3.63, 3.8) is 0 Å². The van der Waals surface area contributed by atoms with E-state index >= 15 is 0 Å². The first-order chi connectivity index (χ1) is 29.1. The number of hydrogen-bond donors (Lipinski definition) is 2. The number of aldehydes is 1. The maximum Gasteiger partial charge on any atom is 0.347 e. The molecule has 14 heteroatoms. The van der Waals surface area contributed by atoms with Crippen LogP contribution in [0.4, 0.5) is 11.4 Å². The molecule has 0 aliphatic rings. The highest BCUT2D eigenvalue weighted by Gasteiger charge is 2.20. The number of anilines is 2. The standard InChI is InChI=1S/C46H38N2O12/c1-54-33-17-18-35(39(25-33)55-2)46(53)59-32-15-10-27(11-16-32)43(50)47-36-19-12-28(22-40(36)56-3)29-13-20-37(41(23-29)57-4)48-44(51)30-14-21-38(42(24-30)58-5)60-45(52)34-9-7-6-8-31(34)26-49/h6-26H,1-5H3,(H,47,50)(H,48,51). The molecule has 304 valence electrons. The Bertz CT molecular complexity index is 2590. The molecule has 0 radical (unpaired) electrons. The third-order valence-corrected chi connectivity index (χ3v) is 9.12. The average molecular weight is 811 g/mol. The van der Waals surface area contributed by atoms with Gasteiger partial charge in [-0.15, -0.1) is 0 Å². The van der Waals surface area contributed by atoms with Gasteiger partial charge in [-0.05, 0) is 96.1 Å². The highest BCUT2D eigenvalue weighted by molar-refractivity contribution is 6.07. The monoisotopic (exact) mass is 810 g/mol. The van der Waals surface area contributed by atoms with Crippen LogP contribution in [-0.4, -0.2) is 65.6 Å². The number of carbonyl (C=O) groups excluding carboxylic acids is 5.